The van der Waals surface area contributed by atoms with Crippen molar-refractivity contribution in [3.63, 3.8) is 0 Å². The van der Waals surface area contributed by atoms with E-state index in [9.17, 15) is 15.3 Å². The molecule has 32 heavy (non-hydrogen) atoms. The summed E-state index contributed by atoms with van der Waals surface area (Å²) in [6, 6.07) is 15.7. The fraction of sp³-hybridized carbons (Fsp3) is 0.217. The van der Waals surface area contributed by atoms with E-state index < -0.39 is 24.5 Å². The van der Waals surface area contributed by atoms with Gasteiger partial charge >= 0.3 is 0 Å². The minimum absolute atomic E-state index is 0.388. The maximum absolute atomic E-state index is 10.5. The van der Waals surface area contributed by atoms with Gasteiger partial charge in [-0.25, -0.2) is 9.97 Å². The second kappa shape index (κ2) is 7.58. The second-order valence-corrected chi connectivity index (χ2v) is 8.78. The molecule has 0 bridgehead atoms. The van der Waals surface area contributed by atoms with Gasteiger partial charge in [0.1, 0.15) is 36.0 Å². The van der Waals surface area contributed by atoms with Gasteiger partial charge in [0.15, 0.2) is 12.0 Å². The molecule has 8 nitrogen and oxygen atoms in total. The van der Waals surface area contributed by atoms with E-state index in [1.807, 2.05) is 48.5 Å². The smallest absolute Gasteiger partial charge is 0.164 e. The predicted octanol–water partition coefficient (Wildman–Crippen LogP) is 2.97. The third-order valence-electron chi connectivity index (χ3n) is 5.82. The van der Waals surface area contributed by atoms with E-state index >= 15 is 0 Å². The van der Waals surface area contributed by atoms with Gasteiger partial charge < -0.3 is 29.4 Å². The Morgan fingerprint density at radius 2 is 1.81 bits per heavy atom. The second-order valence-electron chi connectivity index (χ2n) is 7.70. The average molecular weight is 449 g/mol. The predicted molar refractivity (Wildman–Crippen MR) is 117 cm³/mol. The molecule has 162 valence electrons. The summed E-state index contributed by atoms with van der Waals surface area (Å²) in [6.45, 7) is -0.388. The summed E-state index contributed by atoms with van der Waals surface area (Å²) in [5.41, 5.74) is 2.07. The average Bonchev–Trinajstić information content (AvgIpc) is 3.38. The monoisotopic (exact) mass is 449 g/mol. The molecule has 1 fully saturated rings. The van der Waals surface area contributed by atoms with Gasteiger partial charge in [-0.05, 0) is 30.3 Å². The summed E-state index contributed by atoms with van der Waals surface area (Å²) in [7, 11) is 0. The number of aromatic nitrogens is 3. The molecule has 0 spiro atoms. The van der Waals surface area contributed by atoms with Crippen LogP contribution in [-0.4, -0.2) is 54.8 Å². The molecule has 0 aliphatic carbocycles. The van der Waals surface area contributed by atoms with Gasteiger partial charge in [-0.3, -0.25) is 0 Å². The molecule has 4 atom stereocenters. The summed E-state index contributed by atoms with van der Waals surface area (Å²) in [5, 5.41) is 30.8. The van der Waals surface area contributed by atoms with E-state index in [0.29, 0.717) is 11.3 Å². The van der Waals surface area contributed by atoms with Crippen LogP contribution in [0.2, 0.25) is 0 Å². The lowest BCUT2D eigenvalue weighted by molar-refractivity contribution is -0.0508. The van der Waals surface area contributed by atoms with Crippen molar-refractivity contribution in [3.05, 3.63) is 61.1 Å². The molecule has 0 saturated carbocycles. The highest BCUT2D eigenvalue weighted by atomic mass is 32.2. The van der Waals surface area contributed by atoms with Gasteiger partial charge in [0, 0.05) is 17.1 Å². The van der Waals surface area contributed by atoms with Crippen LogP contribution < -0.4 is 4.74 Å². The van der Waals surface area contributed by atoms with Crippen molar-refractivity contribution in [1.29, 1.82) is 0 Å². The Labute approximate surface area is 187 Å². The number of hydrogen-bond donors (Lipinski definition) is 3. The largest absolute Gasteiger partial charge is 0.454 e. The van der Waals surface area contributed by atoms with Crippen molar-refractivity contribution in [2.45, 2.75) is 34.3 Å². The minimum atomic E-state index is -1.19. The molecule has 2 aliphatic heterocycles. The minimum Gasteiger partial charge on any atom is -0.454 e. The number of aliphatic hydroxyl groups is 3. The first-order chi connectivity index (χ1) is 15.7. The quantitative estimate of drug-likeness (QED) is 0.386. The maximum atomic E-state index is 10.5. The Morgan fingerprint density at radius 1 is 0.969 bits per heavy atom. The van der Waals surface area contributed by atoms with Gasteiger partial charge in [0.05, 0.1) is 22.1 Å². The number of para-hydroxylation sites is 2. The van der Waals surface area contributed by atoms with E-state index in [1.54, 1.807) is 22.5 Å². The van der Waals surface area contributed by atoms with Gasteiger partial charge in [-0.1, -0.05) is 30.0 Å². The third kappa shape index (κ3) is 2.94. The molecular formula is C23H19N3O5S. The SMILES string of the molecule is OC[C@H]1O[C@@H](n2ccc3c(-c4cccc5c4Oc4ccccc4S5)ncnc32)[C@H](O)[C@@H]1O. The lowest BCUT2D eigenvalue weighted by atomic mass is 10.1. The van der Waals surface area contributed by atoms with Crippen LogP contribution in [0.4, 0.5) is 0 Å². The molecule has 4 heterocycles. The number of rotatable bonds is 3. The lowest BCUT2D eigenvalue weighted by Gasteiger charge is -2.22. The van der Waals surface area contributed by atoms with Crippen LogP contribution in [0.15, 0.2) is 70.8 Å². The number of nitrogens with zero attached hydrogens (tertiary/aromatic N) is 3. The molecule has 1 saturated heterocycles. The number of fused-ring (bicyclic) bond motifs is 3. The number of hydrogen-bond acceptors (Lipinski definition) is 8. The molecule has 6 rings (SSSR count). The molecule has 0 radical (unpaired) electrons. The summed E-state index contributed by atoms with van der Waals surface area (Å²) >= 11 is 1.65. The molecule has 3 N–H and O–H groups in total. The van der Waals surface area contributed by atoms with E-state index in [4.69, 9.17) is 9.47 Å². The van der Waals surface area contributed by atoms with Crippen molar-refractivity contribution in [3.8, 4) is 22.8 Å². The third-order valence-corrected chi connectivity index (χ3v) is 6.91. The zero-order valence-electron chi connectivity index (χ0n) is 16.7. The molecule has 2 aliphatic rings. The standard InChI is InChI=1S/C23H19N3O5S/c27-10-15-19(28)20(29)23(31-15)26-9-8-13-18(24-11-25-22(13)26)12-4-3-7-17-21(12)30-14-5-1-2-6-16(14)32-17/h1-9,11,15,19-20,23,27-29H,10H2/t15-,19-,20-,23-/m1/s1. The number of aliphatic hydroxyl groups excluding tert-OH is 3. The maximum Gasteiger partial charge on any atom is 0.164 e. The highest BCUT2D eigenvalue weighted by Gasteiger charge is 2.43. The zero-order valence-corrected chi connectivity index (χ0v) is 17.5. The van der Waals surface area contributed by atoms with Crippen molar-refractivity contribution in [1.82, 2.24) is 14.5 Å². The fourth-order valence-corrected chi connectivity index (χ4v) is 5.22. The van der Waals surface area contributed by atoms with Crippen LogP contribution >= 0.6 is 11.8 Å². The van der Waals surface area contributed by atoms with Crippen molar-refractivity contribution >= 4 is 22.8 Å². The molecule has 0 unspecified atom stereocenters. The topological polar surface area (TPSA) is 110 Å². The zero-order chi connectivity index (χ0) is 21.8. The highest BCUT2D eigenvalue weighted by molar-refractivity contribution is 7.99. The lowest BCUT2D eigenvalue weighted by Crippen LogP contribution is -2.33. The van der Waals surface area contributed by atoms with Crippen LogP contribution in [0.25, 0.3) is 22.3 Å². The van der Waals surface area contributed by atoms with Crippen LogP contribution in [-0.2, 0) is 4.74 Å². The molecule has 9 heteroatoms. The van der Waals surface area contributed by atoms with Crippen LogP contribution in [0.5, 0.6) is 11.5 Å². The molecular weight excluding hydrogens is 430 g/mol. The molecule has 4 aromatic rings. The summed E-state index contributed by atoms with van der Waals surface area (Å²) in [5.74, 6) is 1.53. The first-order valence-corrected chi connectivity index (χ1v) is 11.0. The fourth-order valence-electron chi connectivity index (χ4n) is 4.24. The Kier molecular flexibility index (Phi) is 4.67. The van der Waals surface area contributed by atoms with Crippen LogP contribution in [0.1, 0.15) is 6.23 Å². The summed E-state index contributed by atoms with van der Waals surface area (Å²) in [6.07, 6.45) is -0.911. The van der Waals surface area contributed by atoms with Crippen molar-refractivity contribution in [2.75, 3.05) is 6.61 Å². The van der Waals surface area contributed by atoms with Crippen molar-refractivity contribution in [2.24, 2.45) is 0 Å². The molecule has 0 amide bonds. The van der Waals surface area contributed by atoms with E-state index in [0.717, 1.165) is 32.2 Å². The van der Waals surface area contributed by atoms with Crippen LogP contribution in [0, 0.1) is 0 Å². The van der Waals surface area contributed by atoms with E-state index in [2.05, 4.69) is 9.97 Å². The first-order valence-electron chi connectivity index (χ1n) is 10.2. The summed E-state index contributed by atoms with van der Waals surface area (Å²) < 4.78 is 13.6. The highest BCUT2D eigenvalue weighted by Crippen LogP contribution is 2.51. The normalized spacial score (nSPS) is 24.2. The van der Waals surface area contributed by atoms with Gasteiger partial charge in [0.2, 0.25) is 0 Å². The van der Waals surface area contributed by atoms with Crippen LogP contribution in [0.3, 0.4) is 0 Å². The van der Waals surface area contributed by atoms with E-state index in [1.165, 1.54) is 6.33 Å². The number of ether oxygens (including phenoxy) is 2. The van der Waals surface area contributed by atoms with Gasteiger partial charge in [-0.2, -0.15) is 0 Å². The first kappa shape index (κ1) is 19.7. The Hall–Kier alpha value is -2.95. The van der Waals surface area contributed by atoms with E-state index in [-0.39, 0.29) is 6.61 Å². The Balaban J connectivity index is 1.45. The van der Waals surface area contributed by atoms with Gasteiger partial charge in [-0.15, -0.1) is 0 Å². The molecule has 2 aromatic heterocycles. The Bertz CT molecular complexity index is 1330. The number of benzene rings is 2. The molecule has 2 aromatic carbocycles. The Morgan fingerprint density at radius 3 is 2.66 bits per heavy atom. The summed E-state index contributed by atoms with van der Waals surface area (Å²) in [4.78, 5) is 11.0. The van der Waals surface area contributed by atoms with Crippen molar-refractivity contribution < 1.29 is 24.8 Å². The van der Waals surface area contributed by atoms with Gasteiger partial charge in [0.25, 0.3) is 0 Å².